The summed E-state index contributed by atoms with van der Waals surface area (Å²) < 4.78 is 26.5. The van der Waals surface area contributed by atoms with Gasteiger partial charge in [0, 0.05) is 17.9 Å². The Morgan fingerprint density at radius 2 is 1.96 bits per heavy atom. The number of hydrogen-bond acceptors (Lipinski definition) is 4. The van der Waals surface area contributed by atoms with Gasteiger partial charge in [-0.15, -0.1) is 0 Å². The molecule has 0 aromatic heterocycles. The van der Waals surface area contributed by atoms with E-state index < -0.39 is 10.0 Å². The molecule has 2 aromatic rings. The summed E-state index contributed by atoms with van der Waals surface area (Å²) in [5, 5.41) is 2.81. The second kappa shape index (κ2) is 7.94. The van der Waals surface area contributed by atoms with Crippen LogP contribution in [-0.4, -0.2) is 34.5 Å². The molecule has 2 N–H and O–H groups in total. The van der Waals surface area contributed by atoms with Crippen LogP contribution < -0.4 is 14.9 Å². The fourth-order valence-corrected chi connectivity index (χ4v) is 4.09. The summed E-state index contributed by atoms with van der Waals surface area (Å²) in [6, 6.07) is 12.8. The van der Waals surface area contributed by atoms with Crippen molar-refractivity contribution in [2.75, 3.05) is 30.4 Å². The zero-order valence-corrected chi connectivity index (χ0v) is 16.2. The van der Waals surface area contributed by atoms with Gasteiger partial charge < -0.3 is 10.2 Å². The van der Waals surface area contributed by atoms with Gasteiger partial charge >= 0.3 is 0 Å². The number of hydrogen-bond donors (Lipinski definition) is 2. The topological polar surface area (TPSA) is 78.5 Å². The molecular weight excluding hydrogens is 362 g/mol. The lowest BCUT2D eigenvalue weighted by Crippen LogP contribution is -2.34. The Morgan fingerprint density at radius 1 is 1.19 bits per heavy atom. The Hall–Kier alpha value is -2.64. The number of rotatable bonds is 5. The van der Waals surface area contributed by atoms with E-state index in [-0.39, 0.29) is 17.3 Å². The smallest absolute Gasteiger partial charge is 0.243 e. The molecule has 3 rings (SSSR count). The van der Waals surface area contributed by atoms with Crippen molar-refractivity contribution in [3.63, 3.8) is 0 Å². The molecule has 7 heteroatoms. The molecule has 1 aliphatic rings. The summed E-state index contributed by atoms with van der Waals surface area (Å²) >= 11 is 0. The Labute approximate surface area is 159 Å². The van der Waals surface area contributed by atoms with Crippen molar-refractivity contribution in [1.82, 2.24) is 4.72 Å². The van der Waals surface area contributed by atoms with Gasteiger partial charge in [0.1, 0.15) is 0 Å². The third kappa shape index (κ3) is 4.37. The quantitative estimate of drug-likeness (QED) is 0.830. The number of anilines is 2. The maximum atomic E-state index is 12.6. The van der Waals surface area contributed by atoms with Crippen molar-refractivity contribution < 1.29 is 13.2 Å². The van der Waals surface area contributed by atoms with E-state index in [4.69, 9.17) is 0 Å². The second-order valence-corrected chi connectivity index (χ2v) is 8.26. The normalized spacial score (nSPS) is 13.8. The number of amides is 1. The lowest BCUT2D eigenvalue weighted by atomic mass is 10.1. The summed E-state index contributed by atoms with van der Waals surface area (Å²) in [6.07, 6.45) is 5.03. The molecule has 0 fully saturated rings. The summed E-state index contributed by atoms with van der Waals surface area (Å²) in [7, 11) is -2.21. The van der Waals surface area contributed by atoms with Gasteiger partial charge in [-0.2, -0.15) is 0 Å². The summed E-state index contributed by atoms with van der Waals surface area (Å²) in [4.78, 5) is 14.8. The standard InChI is InChI=1S/C20H23N3O3S/c1-15-10-11-17(13-19(15)27(25,26)21-2)22-20(24)14-23-12-6-5-8-16-7-3-4-9-18(16)23/h3-5,7-11,13,21H,6,12,14H2,1-2H3,(H,22,24). The van der Waals surface area contributed by atoms with Gasteiger partial charge in [-0.3, -0.25) is 4.79 Å². The maximum Gasteiger partial charge on any atom is 0.243 e. The first kappa shape index (κ1) is 19.1. The fourth-order valence-electron chi connectivity index (χ4n) is 3.09. The molecule has 1 aliphatic heterocycles. The predicted octanol–water partition coefficient (Wildman–Crippen LogP) is 2.77. The monoisotopic (exact) mass is 385 g/mol. The Bertz CT molecular complexity index is 984. The number of carbonyl (C=O) groups is 1. The molecule has 0 saturated heterocycles. The number of nitrogens with one attached hydrogen (secondary N) is 2. The van der Waals surface area contributed by atoms with Gasteiger partial charge in [0.05, 0.1) is 11.4 Å². The predicted molar refractivity (Wildman–Crippen MR) is 108 cm³/mol. The van der Waals surface area contributed by atoms with Crippen molar-refractivity contribution >= 4 is 33.4 Å². The van der Waals surface area contributed by atoms with Gasteiger partial charge in [-0.05, 0) is 49.7 Å². The molecule has 1 heterocycles. The van der Waals surface area contributed by atoms with Gasteiger partial charge in [-0.25, -0.2) is 13.1 Å². The van der Waals surface area contributed by atoms with Crippen molar-refractivity contribution in [2.24, 2.45) is 0 Å². The van der Waals surface area contributed by atoms with Gasteiger partial charge in [0.25, 0.3) is 0 Å². The maximum absolute atomic E-state index is 12.6. The SMILES string of the molecule is CNS(=O)(=O)c1cc(NC(=O)CN2CCC=Cc3ccccc32)ccc1C. The van der Waals surface area contributed by atoms with E-state index in [0.717, 1.165) is 24.2 Å². The molecule has 0 radical (unpaired) electrons. The molecule has 0 unspecified atom stereocenters. The van der Waals surface area contributed by atoms with E-state index >= 15 is 0 Å². The van der Waals surface area contributed by atoms with Crippen LogP contribution in [-0.2, 0) is 14.8 Å². The van der Waals surface area contributed by atoms with Gasteiger partial charge in [-0.1, -0.05) is 36.4 Å². The van der Waals surface area contributed by atoms with E-state index in [1.807, 2.05) is 29.2 Å². The summed E-state index contributed by atoms with van der Waals surface area (Å²) in [5.41, 5.74) is 3.18. The summed E-state index contributed by atoms with van der Waals surface area (Å²) in [5.74, 6) is -0.191. The number of carbonyl (C=O) groups excluding carboxylic acids is 1. The molecule has 0 spiro atoms. The Morgan fingerprint density at radius 3 is 2.74 bits per heavy atom. The largest absolute Gasteiger partial charge is 0.361 e. The van der Waals surface area contributed by atoms with Crippen molar-refractivity contribution in [1.29, 1.82) is 0 Å². The van der Waals surface area contributed by atoms with Crippen LogP contribution >= 0.6 is 0 Å². The number of sulfonamides is 1. The second-order valence-electron chi connectivity index (χ2n) is 6.41. The third-order valence-electron chi connectivity index (χ3n) is 4.51. The van der Waals surface area contributed by atoms with E-state index in [1.54, 1.807) is 19.1 Å². The van der Waals surface area contributed by atoms with E-state index in [1.165, 1.54) is 13.1 Å². The highest BCUT2D eigenvalue weighted by atomic mass is 32.2. The minimum absolute atomic E-state index is 0.159. The zero-order chi connectivity index (χ0) is 19.4. The Kier molecular flexibility index (Phi) is 5.62. The minimum atomic E-state index is -3.58. The fraction of sp³-hybridized carbons (Fsp3) is 0.250. The van der Waals surface area contributed by atoms with Crippen LogP contribution in [0.15, 0.2) is 53.4 Å². The van der Waals surface area contributed by atoms with Crippen LogP contribution in [0.3, 0.4) is 0 Å². The lowest BCUT2D eigenvalue weighted by Gasteiger charge is -2.24. The average Bonchev–Trinajstić information content (AvgIpc) is 2.85. The van der Waals surface area contributed by atoms with E-state index in [2.05, 4.69) is 22.2 Å². The minimum Gasteiger partial charge on any atom is -0.361 e. The van der Waals surface area contributed by atoms with Crippen LogP contribution in [0.2, 0.25) is 0 Å². The number of benzene rings is 2. The van der Waals surface area contributed by atoms with Gasteiger partial charge in [0.2, 0.25) is 15.9 Å². The summed E-state index contributed by atoms with van der Waals surface area (Å²) in [6.45, 7) is 2.66. The molecule has 0 atom stereocenters. The van der Waals surface area contributed by atoms with Crippen LogP contribution in [0.4, 0.5) is 11.4 Å². The lowest BCUT2D eigenvalue weighted by molar-refractivity contribution is -0.115. The third-order valence-corrected chi connectivity index (χ3v) is 6.06. The molecule has 2 aromatic carbocycles. The van der Waals surface area contributed by atoms with E-state index in [9.17, 15) is 13.2 Å². The molecule has 0 saturated carbocycles. The van der Waals surface area contributed by atoms with Crippen LogP contribution in [0.5, 0.6) is 0 Å². The first-order chi connectivity index (χ1) is 12.9. The first-order valence-corrected chi connectivity index (χ1v) is 10.2. The molecule has 6 nitrogen and oxygen atoms in total. The number of aryl methyl sites for hydroxylation is 1. The molecule has 0 bridgehead atoms. The average molecular weight is 385 g/mol. The van der Waals surface area contributed by atoms with Crippen molar-refractivity contribution in [3.8, 4) is 0 Å². The van der Waals surface area contributed by atoms with Crippen molar-refractivity contribution in [2.45, 2.75) is 18.2 Å². The highest BCUT2D eigenvalue weighted by molar-refractivity contribution is 7.89. The first-order valence-electron chi connectivity index (χ1n) is 8.75. The molecule has 27 heavy (non-hydrogen) atoms. The van der Waals surface area contributed by atoms with Crippen LogP contribution in [0, 0.1) is 6.92 Å². The van der Waals surface area contributed by atoms with E-state index in [0.29, 0.717) is 11.3 Å². The van der Waals surface area contributed by atoms with Crippen LogP contribution in [0.1, 0.15) is 17.5 Å². The Balaban J connectivity index is 1.77. The number of para-hydroxylation sites is 1. The zero-order valence-electron chi connectivity index (χ0n) is 15.4. The number of nitrogens with zero attached hydrogens (tertiary/aromatic N) is 1. The van der Waals surface area contributed by atoms with Crippen LogP contribution in [0.25, 0.3) is 6.08 Å². The molecule has 0 aliphatic carbocycles. The van der Waals surface area contributed by atoms with Gasteiger partial charge in [0.15, 0.2) is 0 Å². The van der Waals surface area contributed by atoms with Crippen molar-refractivity contribution in [3.05, 3.63) is 59.7 Å². The molecular formula is C20H23N3O3S. The number of fused-ring (bicyclic) bond motifs is 1. The highest BCUT2D eigenvalue weighted by Crippen LogP contribution is 2.25. The highest BCUT2D eigenvalue weighted by Gasteiger charge is 2.18. The molecule has 142 valence electrons. The molecule has 1 amide bonds.